The Kier molecular flexibility index (Phi) is 9.26. The molecule has 2 aromatic carbocycles. The van der Waals surface area contributed by atoms with E-state index >= 15 is 0 Å². The van der Waals surface area contributed by atoms with E-state index in [2.05, 4.69) is 14.6 Å². The zero-order chi connectivity index (χ0) is 32.4. The van der Waals surface area contributed by atoms with Crippen molar-refractivity contribution in [3.05, 3.63) is 78.1 Å². The van der Waals surface area contributed by atoms with E-state index in [1.807, 2.05) is 34.7 Å². The van der Waals surface area contributed by atoms with E-state index in [9.17, 15) is 26.4 Å². The summed E-state index contributed by atoms with van der Waals surface area (Å²) in [5.74, 6) is 0.887. The highest BCUT2D eigenvalue weighted by Gasteiger charge is 2.28. The number of benzene rings is 2. The lowest BCUT2D eigenvalue weighted by atomic mass is 10.2. The first-order valence-corrected chi connectivity index (χ1v) is 15.9. The molecule has 0 spiro atoms. The first kappa shape index (κ1) is 32.1. The molecule has 0 unspecified atom stereocenters. The molecule has 14 heteroatoms. The number of alkyl halides is 3. The van der Waals surface area contributed by atoms with Crippen LogP contribution in [-0.2, 0) is 23.6 Å². The van der Waals surface area contributed by atoms with Crippen molar-refractivity contribution in [2.45, 2.75) is 31.8 Å². The second kappa shape index (κ2) is 13.0. The number of rotatable bonds is 10. The summed E-state index contributed by atoms with van der Waals surface area (Å²) in [6, 6.07) is 17.0. The highest BCUT2D eigenvalue weighted by Crippen LogP contribution is 2.28. The average molecular weight is 646 g/mol. The Balaban J connectivity index is 1.17. The molecule has 1 aliphatic heterocycles. The van der Waals surface area contributed by atoms with Gasteiger partial charge in [-0.3, -0.25) is 14.4 Å². The number of ether oxygens (including phenoxy) is 2. The van der Waals surface area contributed by atoms with Crippen LogP contribution in [0.25, 0.3) is 10.9 Å². The number of amides is 1. The normalized spacial score (nSPS) is 14.6. The number of nitrogens with zero attached hydrogens (tertiary/aromatic N) is 4. The van der Waals surface area contributed by atoms with Gasteiger partial charge < -0.3 is 18.9 Å². The molecule has 1 aliphatic rings. The van der Waals surface area contributed by atoms with E-state index in [-0.39, 0.29) is 17.5 Å². The van der Waals surface area contributed by atoms with Crippen LogP contribution >= 0.6 is 0 Å². The summed E-state index contributed by atoms with van der Waals surface area (Å²) in [5.41, 5.74) is 2.64. The van der Waals surface area contributed by atoms with E-state index in [0.717, 1.165) is 16.5 Å². The van der Waals surface area contributed by atoms with Crippen LogP contribution in [0.1, 0.15) is 29.9 Å². The molecule has 10 nitrogen and oxygen atoms in total. The van der Waals surface area contributed by atoms with E-state index in [0.29, 0.717) is 49.9 Å². The van der Waals surface area contributed by atoms with Crippen molar-refractivity contribution < 1.29 is 35.9 Å². The molecule has 1 amide bonds. The maximum atomic E-state index is 13.5. The number of pyridine rings is 1. The number of carbonyl (C=O) groups excluding carboxylic acids is 1. The fraction of sp³-hybridized carbons (Fsp3) is 0.355. The summed E-state index contributed by atoms with van der Waals surface area (Å²) in [7, 11) is -1.66. The van der Waals surface area contributed by atoms with E-state index < -0.39 is 28.1 Å². The molecule has 0 radical (unpaired) electrons. The number of nitrogens with one attached hydrogen (secondary N) is 1. The molecule has 0 saturated carbocycles. The van der Waals surface area contributed by atoms with Crippen LogP contribution in [0.3, 0.4) is 0 Å². The number of fused-ring (bicyclic) bond motifs is 1. The van der Waals surface area contributed by atoms with Gasteiger partial charge in [0.25, 0.3) is 5.91 Å². The van der Waals surface area contributed by atoms with Gasteiger partial charge in [-0.05, 0) is 55.8 Å². The van der Waals surface area contributed by atoms with Crippen molar-refractivity contribution >= 4 is 32.5 Å². The highest BCUT2D eigenvalue weighted by molar-refractivity contribution is 7.93. The van der Waals surface area contributed by atoms with Gasteiger partial charge in [-0.2, -0.15) is 13.2 Å². The van der Waals surface area contributed by atoms with E-state index in [1.54, 1.807) is 44.2 Å². The Bertz CT molecular complexity index is 1750. The molecule has 5 rings (SSSR count). The van der Waals surface area contributed by atoms with Crippen LogP contribution in [-0.4, -0.2) is 77.9 Å². The fourth-order valence-electron chi connectivity index (χ4n) is 4.87. The number of anilines is 1. The molecule has 4 aromatic rings. The van der Waals surface area contributed by atoms with Gasteiger partial charge in [-0.25, -0.2) is 13.4 Å². The van der Waals surface area contributed by atoms with Crippen LogP contribution in [0.2, 0.25) is 0 Å². The van der Waals surface area contributed by atoms with Crippen LogP contribution in [0, 0.1) is 0 Å². The average Bonchev–Trinajstić information content (AvgIpc) is 3.32. The van der Waals surface area contributed by atoms with E-state index in [1.165, 1.54) is 18.3 Å². The summed E-state index contributed by atoms with van der Waals surface area (Å²) in [6.45, 7) is 4.85. The third-order valence-corrected chi connectivity index (χ3v) is 9.23. The quantitative estimate of drug-likeness (QED) is 0.246. The number of carbonyl (C=O) groups is 1. The number of hydrogen-bond donors (Lipinski definition) is 1. The van der Waals surface area contributed by atoms with Gasteiger partial charge in [0.15, 0.2) is 6.61 Å². The van der Waals surface area contributed by atoms with Gasteiger partial charge in [0.2, 0.25) is 15.9 Å². The summed E-state index contributed by atoms with van der Waals surface area (Å²) >= 11 is 0. The van der Waals surface area contributed by atoms with Crippen LogP contribution in [0.15, 0.2) is 66.9 Å². The topological polar surface area (TPSA) is 106 Å². The molecule has 1 saturated heterocycles. The minimum atomic E-state index is -4.38. The molecule has 45 heavy (non-hydrogen) atoms. The summed E-state index contributed by atoms with van der Waals surface area (Å²) < 4.78 is 76.3. The smallest absolute Gasteiger partial charge is 0.422 e. The highest BCUT2D eigenvalue weighted by atomic mass is 32.2. The molecule has 2 aromatic heterocycles. The molecular formula is C31H34F3N5O5S. The molecule has 1 fully saturated rings. The number of aromatic nitrogens is 2. The lowest BCUT2D eigenvalue weighted by Gasteiger charge is -2.34. The Morgan fingerprint density at radius 3 is 2.29 bits per heavy atom. The van der Waals surface area contributed by atoms with Gasteiger partial charge >= 0.3 is 6.18 Å². The SMILES string of the molecule is CC(C)S(=O)(=O)Nc1ccc(Oc2ccc3cc(C(=O)N4CCN(Cc5ccc(OCC(F)(F)F)cc5)CC4)n(C)c3c2)nc1. The Hall–Kier alpha value is -4.30. The van der Waals surface area contributed by atoms with Crippen LogP contribution < -0.4 is 14.2 Å². The number of aryl methyl sites for hydroxylation is 1. The third kappa shape index (κ3) is 8.05. The lowest BCUT2D eigenvalue weighted by molar-refractivity contribution is -0.153. The molecule has 0 atom stereocenters. The number of halogens is 3. The molecular weight excluding hydrogens is 611 g/mol. The standard InChI is InChI=1S/C31H34F3N5O5S/c1-21(2)45(41,42)36-24-7-11-29(35-18-24)44-26-10-6-23-16-28(37(3)27(23)17-26)30(40)39-14-12-38(13-15-39)19-22-4-8-25(9-5-22)43-20-31(32,33)34/h4-11,16-18,21,36H,12-15,19-20H2,1-3H3. The maximum absolute atomic E-state index is 13.5. The summed E-state index contributed by atoms with van der Waals surface area (Å²) in [5, 5.41) is 0.296. The Morgan fingerprint density at radius 1 is 0.978 bits per heavy atom. The fourth-order valence-corrected chi connectivity index (χ4v) is 5.55. The molecule has 240 valence electrons. The van der Waals surface area contributed by atoms with Crippen molar-refractivity contribution in [2.75, 3.05) is 37.5 Å². The lowest BCUT2D eigenvalue weighted by Crippen LogP contribution is -2.48. The van der Waals surface area contributed by atoms with Gasteiger partial charge in [0, 0.05) is 57.3 Å². The molecule has 3 heterocycles. The van der Waals surface area contributed by atoms with E-state index in [4.69, 9.17) is 9.47 Å². The first-order chi connectivity index (χ1) is 21.3. The van der Waals surface area contributed by atoms with Gasteiger partial charge in [-0.1, -0.05) is 12.1 Å². The zero-order valence-corrected chi connectivity index (χ0v) is 25.9. The minimum Gasteiger partial charge on any atom is -0.484 e. The largest absolute Gasteiger partial charge is 0.484 e. The zero-order valence-electron chi connectivity index (χ0n) is 25.0. The van der Waals surface area contributed by atoms with Crippen molar-refractivity contribution in [1.29, 1.82) is 0 Å². The van der Waals surface area contributed by atoms with Crippen molar-refractivity contribution in [1.82, 2.24) is 19.4 Å². The van der Waals surface area contributed by atoms with Gasteiger partial charge in [-0.15, -0.1) is 0 Å². The van der Waals surface area contributed by atoms with Crippen molar-refractivity contribution in [3.63, 3.8) is 0 Å². The second-order valence-electron chi connectivity index (χ2n) is 11.1. The van der Waals surface area contributed by atoms with Gasteiger partial charge in [0.05, 0.1) is 22.7 Å². The second-order valence-corrected chi connectivity index (χ2v) is 13.3. The van der Waals surface area contributed by atoms with Crippen molar-refractivity contribution in [2.24, 2.45) is 7.05 Å². The summed E-state index contributed by atoms with van der Waals surface area (Å²) in [4.78, 5) is 21.7. The number of sulfonamides is 1. The molecule has 0 aliphatic carbocycles. The Morgan fingerprint density at radius 2 is 1.67 bits per heavy atom. The molecule has 0 bridgehead atoms. The first-order valence-electron chi connectivity index (χ1n) is 14.3. The third-order valence-electron chi connectivity index (χ3n) is 7.47. The number of hydrogen-bond acceptors (Lipinski definition) is 7. The molecule has 1 N–H and O–H groups in total. The Labute approximate surface area is 259 Å². The number of piperazine rings is 1. The predicted molar refractivity (Wildman–Crippen MR) is 164 cm³/mol. The monoisotopic (exact) mass is 645 g/mol. The van der Waals surface area contributed by atoms with Crippen LogP contribution in [0.5, 0.6) is 17.4 Å². The predicted octanol–water partition coefficient (Wildman–Crippen LogP) is 5.41. The van der Waals surface area contributed by atoms with Gasteiger partial charge in [0.1, 0.15) is 17.2 Å². The van der Waals surface area contributed by atoms with Crippen molar-refractivity contribution in [3.8, 4) is 17.4 Å². The summed E-state index contributed by atoms with van der Waals surface area (Å²) in [6.07, 6.45) is -2.99. The minimum absolute atomic E-state index is 0.0805. The van der Waals surface area contributed by atoms with Crippen LogP contribution in [0.4, 0.5) is 18.9 Å². The maximum Gasteiger partial charge on any atom is 0.422 e.